The van der Waals surface area contributed by atoms with Crippen LogP contribution in [0.4, 0.5) is 0 Å². The molecule has 1 aromatic carbocycles. The van der Waals surface area contributed by atoms with E-state index in [1.807, 2.05) is 0 Å². The fraction of sp³-hybridized carbons (Fsp3) is 0.417. The van der Waals surface area contributed by atoms with Gasteiger partial charge < -0.3 is 14.6 Å². The molecule has 1 aliphatic carbocycles. The van der Waals surface area contributed by atoms with Gasteiger partial charge in [0, 0.05) is 4.47 Å². The smallest absolute Gasteiger partial charge is 0.339 e. The minimum absolute atomic E-state index is 0.114. The van der Waals surface area contributed by atoms with E-state index in [-0.39, 0.29) is 11.7 Å². The Morgan fingerprint density at radius 1 is 1.47 bits per heavy atom. The molecule has 0 unspecified atom stereocenters. The molecule has 1 aliphatic rings. The Labute approximate surface area is 108 Å². The highest BCUT2D eigenvalue weighted by molar-refractivity contribution is 9.10. The lowest BCUT2D eigenvalue weighted by Crippen LogP contribution is -2.25. The SMILES string of the molecule is COc1cc(Br)cc(C(=O)O)c1OC1CCC1. The van der Waals surface area contributed by atoms with Gasteiger partial charge in [-0.05, 0) is 31.4 Å². The number of carboxylic acid groups (broad SMARTS) is 1. The third-order valence-electron chi connectivity index (χ3n) is 2.81. The first-order valence-corrected chi connectivity index (χ1v) is 6.18. The summed E-state index contributed by atoms with van der Waals surface area (Å²) in [6, 6.07) is 3.24. The molecule has 2 rings (SSSR count). The molecule has 0 aliphatic heterocycles. The Kier molecular flexibility index (Phi) is 3.57. The van der Waals surface area contributed by atoms with Crippen molar-refractivity contribution in [3.05, 3.63) is 22.2 Å². The van der Waals surface area contributed by atoms with Crippen LogP contribution in [-0.4, -0.2) is 24.3 Å². The minimum Gasteiger partial charge on any atom is -0.493 e. The lowest BCUT2D eigenvalue weighted by molar-refractivity contribution is 0.0676. The summed E-state index contributed by atoms with van der Waals surface area (Å²) < 4.78 is 11.5. The third kappa shape index (κ3) is 2.54. The Balaban J connectivity index is 2.39. The first-order valence-electron chi connectivity index (χ1n) is 5.39. The molecule has 0 radical (unpaired) electrons. The van der Waals surface area contributed by atoms with Gasteiger partial charge in [0.15, 0.2) is 11.5 Å². The number of aromatic carboxylic acids is 1. The van der Waals surface area contributed by atoms with Gasteiger partial charge in [0.05, 0.1) is 13.2 Å². The summed E-state index contributed by atoms with van der Waals surface area (Å²) in [7, 11) is 1.50. The van der Waals surface area contributed by atoms with E-state index >= 15 is 0 Å². The normalized spacial score (nSPS) is 15.2. The number of carboxylic acids is 1. The molecule has 5 heteroatoms. The number of ether oxygens (including phenoxy) is 2. The maximum absolute atomic E-state index is 11.2. The number of rotatable bonds is 4. The van der Waals surface area contributed by atoms with Crippen LogP contribution in [0.1, 0.15) is 29.6 Å². The molecule has 0 spiro atoms. The minimum atomic E-state index is -1.01. The van der Waals surface area contributed by atoms with E-state index in [1.165, 1.54) is 13.2 Å². The molecule has 0 amide bonds. The molecule has 92 valence electrons. The van der Waals surface area contributed by atoms with Crippen LogP contribution in [0.5, 0.6) is 11.5 Å². The van der Waals surface area contributed by atoms with Crippen molar-refractivity contribution in [1.82, 2.24) is 0 Å². The van der Waals surface area contributed by atoms with Crippen LogP contribution in [0, 0.1) is 0 Å². The second-order valence-corrected chi connectivity index (χ2v) is 4.88. The van der Waals surface area contributed by atoms with Crippen LogP contribution in [-0.2, 0) is 0 Å². The van der Waals surface area contributed by atoms with Crippen molar-refractivity contribution in [3.8, 4) is 11.5 Å². The fourth-order valence-electron chi connectivity index (χ4n) is 1.66. The Morgan fingerprint density at radius 2 is 2.18 bits per heavy atom. The van der Waals surface area contributed by atoms with E-state index in [0.717, 1.165) is 19.3 Å². The van der Waals surface area contributed by atoms with E-state index < -0.39 is 5.97 Å². The summed E-state index contributed by atoms with van der Waals surface area (Å²) in [5.74, 6) is -0.240. The largest absolute Gasteiger partial charge is 0.493 e. The van der Waals surface area contributed by atoms with Crippen molar-refractivity contribution in [2.24, 2.45) is 0 Å². The fourth-order valence-corrected chi connectivity index (χ4v) is 2.09. The first-order chi connectivity index (χ1) is 8.11. The molecule has 1 fully saturated rings. The Bertz CT molecular complexity index is 440. The van der Waals surface area contributed by atoms with E-state index in [0.29, 0.717) is 16.0 Å². The van der Waals surface area contributed by atoms with Gasteiger partial charge in [-0.1, -0.05) is 15.9 Å². The number of halogens is 1. The predicted molar refractivity (Wildman–Crippen MR) is 65.9 cm³/mol. The molecule has 4 nitrogen and oxygen atoms in total. The highest BCUT2D eigenvalue weighted by Crippen LogP contribution is 2.37. The summed E-state index contributed by atoms with van der Waals surface area (Å²) in [6.07, 6.45) is 3.19. The Morgan fingerprint density at radius 3 is 2.65 bits per heavy atom. The molecular formula is C12H13BrO4. The Hall–Kier alpha value is -1.23. The van der Waals surface area contributed by atoms with Crippen molar-refractivity contribution in [2.75, 3.05) is 7.11 Å². The van der Waals surface area contributed by atoms with Crippen molar-refractivity contribution < 1.29 is 19.4 Å². The summed E-state index contributed by atoms with van der Waals surface area (Å²) in [6.45, 7) is 0. The van der Waals surface area contributed by atoms with E-state index in [1.54, 1.807) is 6.07 Å². The molecule has 1 aromatic rings. The quantitative estimate of drug-likeness (QED) is 0.928. The van der Waals surface area contributed by atoms with Gasteiger partial charge in [0.2, 0.25) is 0 Å². The summed E-state index contributed by atoms with van der Waals surface area (Å²) in [5.41, 5.74) is 0.128. The van der Waals surface area contributed by atoms with E-state index in [2.05, 4.69) is 15.9 Å². The van der Waals surface area contributed by atoms with Crippen molar-refractivity contribution in [1.29, 1.82) is 0 Å². The van der Waals surface area contributed by atoms with Crippen molar-refractivity contribution in [3.63, 3.8) is 0 Å². The zero-order valence-electron chi connectivity index (χ0n) is 9.40. The maximum Gasteiger partial charge on any atom is 0.339 e. The van der Waals surface area contributed by atoms with Crippen LogP contribution in [0.3, 0.4) is 0 Å². The van der Waals surface area contributed by atoms with Gasteiger partial charge in [0.25, 0.3) is 0 Å². The average Bonchev–Trinajstić information content (AvgIpc) is 2.23. The van der Waals surface area contributed by atoms with Gasteiger partial charge in [-0.3, -0.25) is 0 Å². The standard InChI is InChI=1S/C12H13BrO4/c1-16-10-6-7(13)5-9(12(14)15)11(10)17-8-3-2-4-8/h5-6,8H,2-4H2,1H3,(H,14,15). The van der Waals surface area contributed by atoms with Gasteiger partial charge in [-0.2, -0.15) is 0 Å². The van der Waals surface area contributed by atoms with Gasteiger partial charge >= 0.3 is 5.97 Å². The molecule has 17 heavy (non-hydrogen) atoms. The molecule has 0 atom stereocenters. The number of hydrogen-bond acceptors (Lipinski definition) is 3. The lowest BCUT2D eigenvalue weighted by atomic mass is 9.96. The summed E-state index contributed by atoms with van der Waals surface area (Å²) in [4.78, 5) is 11.2. The zero-order chi connectivity index (χ0) is 12.4. The lowest BCUT2D eigenvalue weighted by Gasteiger charge is -2.27. The predicted octanol–water partition coefficient (Wildman–Crippen LogP) is 3.09. The number of carbonyl (C=O) groups is 1. The molecular weight excluding hydrogens is 288 g/mol. The third-order valence-corrected chi connectivity index (χ3v) is 3.26. The van der Waals surface area contributed by atoms with Crippen molar-refractivity contribution >= 4 is 21.9 Å². The van der Waals surface area contributed by atoms with E-state index in [9.17, 15) is 4.79 Å². The molecule has 0 saturated heterocycles. The molecule has 0 bridgehead atoms. The molecule has 1 saturated carbocycles. The van der Waals surface area contributed by atoms with Gasteiger partial charge in [0.1, 0.15) is 5.56 Å². The maximum atomic E-state index is 11.2. The average molecular weight is 301 g/mol. The number of benzene rings is 1. The highest BCUT2D eigenvalue weighted by Gasteiger charge is 2.25. The van der Waals surface area contributed by atoms with Crippen LogP contribution >= 0.6 is 15.9 Å². The monoisotopic (exact) mass is 300 g/mol. The first kappa shape index (κ1) is 12.2. The second kappa shape index (κ2) is 4.96. The van der Waals surface area contributed by atoms with Crippen molar-refractivity contribution in [2.45, 2.75) is 25.4 Å². The van der Waals surface area contributed by atoms with Crippen LogP contribution in [0.15, 0.2) is 16.6 Å². The van der Waals surface area contributed by atoms with Crippen LogP contribution in [0.25, 0.3) is 0 Å². The van der Waals surface area contributed by atoms with Gasteiger partial charge in [-0.15, -0.1) is 0 Å². The molecule has 0 aromatic heterocycles. The van der Waals surface area contributed by atoms with Crippen LogP contribution < -0.4 is 9.47 Å². The van der Waals surface area contributed by atoms with Gasteiger partial charge in [-0.25, -0.2) is 4.79 Å². The van der Waals surface area contributed by atoms with Crippen LogP contribution in [0.2, 0.25) is 0 Å². The zero-order valence-corrected chi connectivity index (χ0v) is 11.0. The van der Waals surface area contributed by atoms with E-state index in [4.69, 9.17) is 14.6 Å². The second-order valence-electron chi connectivity index (χ2n) is 3.96. The molecule has 1 N–H and O–H groups in total. The number of hydrogen-bond donors (Lipinski definition) is 1. The number of methoxy groups -OCH3 is 1. The summed E-state index contributed by atoms with van der Waals surface area (Å²) >= 11 is 3.25. The highest BCUT2D eigenvalue weighted by atomic mass is 79.9. The molecule has 0 heterocycles. The topological polar surface area (TPSA) is 55.8 Å². The summed E-state index contributed by atoms with van der Waals surface area (Å²) in [5, 5.41) is 9.16.